The maximum Gasteiger partial charge on any atom is 0.490 e. The monoisotopic (exact) mass is 501 g/mol. The van der Waals surface area contributed by atoms with E-state index in [1.165, 1.54) is 12.7 Å². The van der Waals surface area contributed by atoms with Gasteiger partial charge in [0.15, 0.2) is 11.5 Å². The minimum atomic E-state index is -5.62. The van der Waals surface area contributed by atoms with Crippen LogP contribution in [0, 0.1) is 11.8 Å². The largest absolute Gasteiger partial charge is 0.490 e. The van der Waals surface area contributed by atoms with Crippen LogP contribution in [0.4, 0.5) is 5.82 Å². The standard InChI is InChI=1S/C12H18N5O11P3/c1-6-8(3-26-30(22,23)28-31(24,25)27-29(19,20)21)7(2-18)10(6)17-5-16-9-11(13)14-4-15-12(9)17/h4-5,7-8,10,18H,1-3H2,(H,22,23)(H,24,25)(H2,13,14,15)(H2,19,20,21)/t7-,8+,10-/m0/s1. The number of nitrogens with two attached hydrogens (primary N) is 1. The van der Waals surface area contributed by atoms with Crippen molar-refractivity contribution < 1.29 is 51.5 Å². The summed E-state index contributed by atoms with van der Waals surface area (Å²) in [5, 5.41) is 9.77. The normalized spacial score (nSPS) is 25.7. The van der Waals surface area contributed by atoms with Crippen LogP contribution in [-0.2, 0) is 26.8 Å². The highest BCUT2D eigenvalue weighted by Gasteiger charge is 2.48. The highest BCUT2D eigenvalue weighted by atomic mass is 31.3. The van der Waals surface area contributed by atoms with Gasteiger partial charge in [-0.3, -0.25) is 4.52 Å². The Balaban J connectivity index is 1.70. The number of hydrogen-bond acceptors (Lipinski definition) is 11. The van der Waals surface area contributed by atoms with Crippen LogP contribution in [0.3, 0.4) is 0 Å². The van der Waals surface area contributed by atoms with E-state index in [0.717, 1.165) is 0 Å². The van der Waals surface area contributed by atoms with Crippen molar-refractivity contribution >= 4 is 40.4 Å². The van der Waals surface area contributed by atoms with E-state index in [4.69, 9.17) is 15.5 Å². The van der Waals surface area contributed by atoms with Gasteiger partial charge in [-0.1, -0.05) is 6.58 Å². The van der Waals surface area contributed by atoms with Crippen LogP contribution in [-0.4, -0.2) is 57.4 Å². The number of aliphatic hydroxyl groups is 1. The van der Waals surface area contributed by atoms with Crippen LogP contribution in [0.25, 0.3) is 11.2 Å². The highest BCUT2D eigenvalue weighted by Crippen LogP contribution is 2.66. The fourth-order valence-electron chi connectivity index (χ4n) is 3.26. The number of rotatable bonds is 9. The van der Waals surface area contributed by atoms with Crippen molar-refractivity contribution in [1.29, 1.82) is 0 Å². The van der Waals surface area contributed by atoms with Gasteiger partial charge in [-0.25, -0.2) is 28.6 Å². The number of phosphoric ester groups is 1. The van der Waals surface area contributed by atoms with Crippen LogP contribution in [0.2, 0.25) is 0 Å². The van der Waals surface area contributed by atoms with Crippen LogP contribution >= 0.6 is 23.5 Å². The van der Waals surface area contributed by atoms with Crippen molar-refractivity contribution in [3.05, 3.63) is 24.8 Å². The molecule has 5 atom stereocenters. The van der Waals surface area contributed by atoms with E-state index in [0.29, 0.717) is 16.7 Å². The second kappa shape index (κ2) is 8.43. The molecule has 172 valence electrons. The summed E-state index contributed by atoms with van der Waals surface area (Å²) < 4.78 is 47.5. The number of hydrogen-bond donors (Lipinski definition) is 6. The molecule has 1 aliphatic carbocycles. The van der Waals surface area contributed by atoms with Crippen molar-refractivity contribution in [3.63, 3.8) is 0 Å². The lowest BCUT2D eigenvalue weighted by Gasteiger charge is -2.46. The Morgan fingerprint density at radius 3 is 2.39 bits per heavy atom. The molecule has 0 aliphatic heterocycles. The quantitative estimate of drug-likeness (QED) is 0.197. The number of phosphoric acid groups is 3. The van der Waals surface area contributed by atoms with E-state index >= 15 is 0 Å². The maximum absolute atomic E-state index is 11.9. The molecular weight excluding hydrogens is 483 g/mol. The molecule has 0 bridgehead atoms. The van der Waals surface area contributed by atoms with E-state index in [2.05, 4.69) is 34.7 Å². The highest BCUT2D eigenvalue weighted by molar-refractivity contribution is 7.66. The maximum atomic E-state index is 11.9. The number of nitrogens with zero attached hydrogens (tertiary/aromatic N) is 4. The first-order valence-corrected chi connectivity index (χ1v) is 12.8. The summed E-state index contributed by atoms with van der Waals surface area (Å²) in [6.07, 6.45) is 2.66. The summed E-state index contributed by atoms with van der Waals surface area (Å²) in [5.41, 5.74) is 6.92. The van der Waals surface area contributed by atoms with Crippen LogP contribution in [0.15, 0.2) is 24.8 Å². The van der Waals surface area contributed by atoms with Crippen molar-refractivity contribution in [2.75, 3.05) is 18.9 Å². The summed E-state index contributed by atoms with van der Waals surface area (Å²) in [4.78, 5) is 47.9. The third-order valence-corrected chi connectivity index (χ3v) is 8.31. The van der Waals surface area contributed by atoms with Crippen molar-refractivity contribution in [3.8, 4) is 0 Å². The van der Waals surface area contributed by atoms with Crippen LogP contribution in [0.1, 0.15) is 6.04 Å². The first-order valence-electron chi connectivity index (χ1n) is 8.25. The third-order valence-electron chi connectivity index (χ3n) is 4.51. The van der Waals surface area contributed by atoms with Gasteiger partial charge in [-0.15, -0.1) is 0 Å². The molecule has 7 N–H and O–H groups in total. The summed E-state index contributed by atoms with van der Waals surface area (Å²) in [6.45, 7) is 2.90. The molecule has 2 heterocycles. The van der Waals surface area contributed by atoms with Gasteiger partial charge >= 0.3 is 23.5 Å². The zero-order valence-electron chi connectivity index (χ0n) is 15.4. The number of imidazole rings is 1. The van der Waals surface area contributed by atoms with E-state index in [9.17, 15) is 28.6 Å². The van der Waals surface area contributed by atoms with Gasteiger partial charge < -0.3 is 35.0 Å². The van der Waals surface area contributed by atoms with Crippen molar-refractivity contribution in [2.24, 2.45) is 11.8 Å². The van der Waals surface area contributed by atoms with Gasteiger partial charge in [-0.2, -0.15) is 8.62 Å². The first kappa shape index (κ1) is 24.1. The van der Waals surface area contributed by atoms with E-state index in [-0.39, 0.29) is 5.82 Å². The van der Waals surface area contributed by atoms with Crippen LogP contribution < -0.4 is 5.73 Å². The fourth-order valence-corrected chi connectivity index (χ4v) is 6.31. The molecule has 1 aliphatic rings. The molecule has 0 radical (unpaired) electrons. The number of anilines is 1. The van der Waals surface area contributed by atoms with E-state index in [1.54, 1.807) is 4.57 Å². The Morgan fingerprint density at radius 1 is 1.10 bits per heavy atom. The zero-order chi connectivity index (χ0) is 23.2. The Morgan fingerprint density at radius 2 is 1.77 bits per heavy atom. The van der Waals surface area contributed by atoms with Gasteiger partial charge in [-0.05, 0) is 5.57 Å². The fraction of sp³-hybridized carbons (Fsp3) is 0.417. The van der Waals surface area contributed by atoms with E-state index < -0.39 is 54.6 Å². The second-order valence-electron chi connectivity index (χ2n) is 6.44. The predicted octanol–water partition coefficient (Wildman–Crippen LogP) is 0.0874. The minimum absolute atomic E-state index is 0.151. The topological polar surface area (TPSA) is 250 Å². The zero-order valence-corrected chi connectivity index (χ0v) is 18.1. The van der Waals surface area contributed by atoms with Crippen molar-refractivity contribution in [1.82, 2.24) is 19.5 Å². The van der Waals surface area contributed by atoms with Gasteiger partial charge in [0.1, 0.15) is 11.8 Å². The summed E-state index contributed by atoms with van der Waals surface area (Å²) in [6, 6.07) is -0.515. The number of aromatic nitrogens is 4. The molecule has 0 aromatic carbocycles. The lowest BCUT2D eigenvalue weighted by molar-refractivity contribution is 0.0500. The molecule has 2 aromatic rings. The Bertz CT molecular complexity index is 1150. The molecule has 1 fully saturated rings. The first-order chi connectivity index (χ1) is 14.2. The number of nitrogen functional groups attached to an aromatic ring is 1. The molecule has 0 spiro atoms. The Hall–Kier alpha value is -1.54. The average molecular weight is 501 g/mol. The molecule has 2 aromatic heterocycles. The molecule has 19 heteroatoms. The number of aliphatic hydroxyl groups excluding tert-OH is 1. The second-order valence-corrected chi connectivity index (χ2v) is 10.9. The third kappa shape index (κ3) is 5.28. The Kier molecular flexibility index (Phi) is 6.55. The number of fused-ring (bicyclic) bond motifs is 1. The lowest BCUT2D eigenvalue weighted by atomic mass is 9.66. The molecule has 31 heavy (non-hydrogen) atoms. The predicted molar refractivity (Wildman–Crippen MR) is 102 cm³/mol. The lowest BCUT2D eigenvalue weighted by Crippen LogP contribution is -2.45. The molecule has 2 unspecified atom stereocenters. The summed E-state index contributed by atoms with van der Waals surface area (Å²) in [7, 11) is -16.4. The molecule has 0 saturated heterocycles. The minimum Gasteiger partial charge on any atom is -0.396 e. The molecule has 0 amide bonds. The smallest absolute Gasteiger partial charge is 0.396 e. The molecule has 3 rings (SSSR count). The van der Waals surface area contributed by atoms with Gasteiger partial charge in [0.25, 0.3) is 0 Å². The molecular formula is C12H18N5O11P3. The summed E-state index contributed by atoms with van der Waals surface area (Å²) in [5.74, 6) is -1.11. The van der Waals surface area contributed by atoms with E-state index in [1.807, 2.05) is 0 Å². The van der Waals surface area contributed by atoms with Gasteiger partial charge in [0.05, 0.1) is 19.0 Å². The molecule has 1 saturated carbocycles. The van der Waals surface area contributed by atoms with Gasteiger partial charge in [0.2, 0.25) is 0 Å². The van der Waals surface area contributed by atoms with Crippen molar-refractivity contribution in [2.45, 2.75) is 6.04 Å². The average Bonchev–Trinajstić information content (AvgIpc) is 3.01. The van der Waals surface area contributed by atoms with Gasteiger partial charge in [0, 0.05) is 18.4 Å². The molecule has 16 nitrogen and oxygen atoms in total. The Labute approximate surface area is 173 Å². The van der Waals surface area contributed by atoms with Crippen LogP contribution in [0.5, 0.6) is 0 Å². The summed E-state index contributed by atoms with van der Waals surface area (Å²) >= 11 is 0. The SMILES string of the molecule is C=C1[C@@H](COP(=O)(O)OP(=O)(O)OP(=O)(O)O)[C@H](CO)[C@H]1n1cnc2c(N)ncnc21.